The van der Waals surface area contributed by atoms with Gasteiger partial charge in [0.05, 0.1) is 30.7 Å². The molecule has 2 aromatic heterocycles. The molecule has 0 saturated carbocycles. The zero-order valence-corrected chi connectivity index (χ0v) is 16.8. The molecule has 0 radical (unpaired) electrons. The minimum absolute atomic E-state index is 0.348. The topological polar surface area (TPSA) is 90.6 Å². The predicted molar refractivity (Wildman–Crippen MR) is 111 cm³/mol. The molecule has 0 bridgehead atoms. The molecule has 0 unspecified atom stereocenters. The van der Waals surface area contributed by atoms with Crippen molar-refractivity contribution in [3.8, 4) is 11.6 Å². The van der Waals surface area contributed by atoms with Crippen LogP contribution in [-0.2, 0) is 24.1 Å². The SMILES string of the molecule is NC(=O)c1ccccc1Oc1nc(CN2CCOCC2)nc2sc3c(c12)CCC3. The fourth-order valence-corrected chi connectivity index (χ4v) is 5.24. The van der Waals surface area contributed by atoms with Crippen LogP contribution < -0.4 is 10.5 Å². The second-order valence-electron chi connectivity index (χ2n) is 7.33. The summed E-state index contributed by atoms with van der Waals surface area (Å²) in [6.07, 6.45) is 3.23. The van der Waals surface area contributed by atoms with Crippen molar-refractivity contribution in [2.45, 2.75) is 25.8 Å². The Morgan fingerprint density at radius 2 is 2.03 bits per heavy atom. The fraction of sp³-hybridized carbons (Fsp3) is 0.381. The molecular weight excluding hydrogens is 388 g/mol. The summed E-state index contributed by atoms with van der Waals surface area (Å²) in [6, 6.07) is 7.02. The van der Waals surface area contributed by atoms with Gasteiger partial charge >= 0.3 is 0 Å². The van der Waals surface area contributed by atoms with Gasteiger partial charge in [-0.15, -0.1) is 11.3 Å². The lowest BCUT2D eigenvalue weighted by atomic mass is 10.2. The zero-order chi connectivity index (χ0) is 19.8. The summed E-state index contributed by atoms with van der Waals surface area (Å²) in [5.74, 6) is 1.16. The van der Waals surface area contributed by atoms with Crippen molar-refractivity contribution in [3.05, 3.63) is 46.1 Å². The van der Waals surface area contributed by atoms with Crippen LogP contribution in [0.4, 0.5) is 0 Å². The van der Waals surface area contributed by atoms with Crippen molar-refractivity contribution >= 4 is 27.5 Å². The van der Waals surface area contributed by atoms with E-state index in [0.29, 0.717) is 23.7 Å². The van der Waals surface area contributed by atoms with Crippen molar-refractivity contribution in [1.82, 2.24) is 14.9 Å². The number of aryl methyl sites for hydroxylation is 2. The van der Waals surface area contributed by atoms with Crippen LogP contribution in [0.25, 0.3) is 10.2 Å². The predicted octanol–water partition coefficient (Wildman–Crippen LogP) is 2.90. The Bertz CT molecular complexity index is 1080. The maximum atomic E-state index is 11.8. The number of carbonyl (C=O) groups excluding carboxylic acids is 1. The molecule has 1 aromatic carbocycles. The molecular formula is C21H22N4O3S. The monoisotopic (exact) mass is 410 g/mol. The number of aromatic nitrogens is 2. The van der Waals surface area contributed by atoms with Crippen molar-refractivity contribution in [1.29, 1.82) is 0 Å². The largest absolute Gasteiger partial charge is 0.437 e. The molecule has 1 aliphatic carbocycles. The Kier molecular flexibility index (Phi) is 4.91. The first-order valence-corrected chi connectivity index (χ1v) is 10.7. The molecule has 3 heterocycles. The second kappa shape index (κ2) is 7.70. The summed E-state index contributed by atoms with van der Waals surface area (Å²) in [7, 11) is 0. The van der Waals surface area contributed by atoms with E-state index in [1.165, 1.54) is 10.4 Å². The third-order valence-electron chi connectivity index (χ3n) is 5.41. The minimum Gasteiger partial charge on any atom is -0.437 e. The number of hydrogen-bond acceptors (Lipinski definition) is 7. The molecule has 3 aromatic rings. The number of thiophene rings is 1. The van der Waals surface area contributed by atoms with Gasteiger partial charge in [-0.1, -0.05) is 12.1 Å². The fourth-order valence-electron chi connectivity index (χ4n) is 3.97. The number of nitrogens with two attached hydrogens (primary N) is 1. The van der Waals surface area contributed by atoms with Gasteiger partial charge in [0.15, 0.2) is 0 Å². The van der Waals surface area contributed by atoms with E-state index in [4.69, 9.17) is 25.2 Å². The van der Waals surface area contributed by atoms with Gasteiger partial charge < -0.3 is 15.2 Å². The summed E-state index contributed by atoms with van der Waals surface area (Å²) < 4.78 is 11.6. The van der Waals surface area contributed by atoms with E-state index in [2.05, 4.69) is 4.90 Å². The van der Waals surface area contributed by atoms with Gasteiger partial charge in [0.1, 0.15) is 16.4 Å². The molecule has 1 saturated heterocycles. The van der Waals surface area contributed by atoms with Crippen LogP contribution >= 0.6 is 11.3 Å². The number of hydrogen-bond donors (Lipinski definition) is 1. The number of nitrogens with zero attached hydrogens (tertiary/aromatic N) is 3. The van der Waals surface area contributed by atoms with Gasteiger partial charge in [0.25, 0.3) is 5.91 Å². The van der Waals surface area contributed by atoms with Gasteiger partial charge in [0.2, 0.25) is 5.88 Å². The lowest BCUT2D eigenvalue weighted by Crippen LogP contribution is -2.36. The average Bonchev–Trinajstić information content (AvgIpc) is 3.30. The first kappa shape index (κ1) is 18.5. The molecule has 1 fully saturated rings. The third-order valence-corrected chi connectivity index (χ3v) is 6.59. The number of fused-ring (bicyclic) bond motifs is 3. The maximum Gasteiger partial charge on any atom is 0.252 e. The molecule has 8 heteroatoms. The van der Waals surface area contributed by atoms with Crippen LogP contribution in [-0.4, -0.2) is 47.1 Å². The lowest BCUT2D eigenvalue weighted by molar-refractivity contribution is 0.0330. The van der Waals surface area contributed by atoms with Gasteiger partial charge in [-0.2, -0.15) is 4.98 Å². The quantitative estimate of drug-likeness (QED) is 0.696. The van der Waals surface area contributed by atoms with Crippen molar-refractivity contribution in [3.63, 3.8) is 0 Å². The molecule has 0 spiro atoms. The molecule has 29 heavy (non-hydrogen) atoms. The summed E-state index contributed by atoms with van der Waals surface area (Å²) in [5.41, 5.74) is 7.17. The number of para-hydroxylation sites is 1. The van der Waals surface area contributed by atoms with Crippen molar-refractivity contribution in [2.75, 3.05) is 26.3 Å². The number of primary amides is 1. The molecule has 150 valence electrons. The van der Waals surface area contributed by atoms with Crippen LogP contribution in [0.3, 0.4) is 0 Å². The Balaban J connectivity index is 1.57. The van der Waals surface area contributed by atoms with Gasteiger partial charge in [-0.3, -0.25) is 9.69 Å². The molecule has 1 aliphatic heterocycles. The number of benzene rings is 1. The molecule has 1 amide bonds. The average molecular weight is 410 g/mol. The van der Waals surface area contributed by atoms with Gasteiger partial charge in [-0.05, 0) is 37.0 Å². The van der Waals surface area contributed by atoms with Crippen LogP contribution in [0.5, 0.6) is 11.6 Å². The molecule has 2 N–H and O–H groups in total. The van der Waals surface area contributed by atoms with E-state index in [-0.39, 0.29) is 0 Å². The summed E-state index contributed by atoms with van der Waals surface area (Å²) in [5, 5.41) is 0.979. The number of ether oxygens (including phenoxy) is 2. The van der Waals surface area contributed by atoms with Crippen LogP contribution in [0.15, 0.2) is 24.3 Å². The van der Waals surface area contributed by atoms with E-state index >= 15 is 0 Å². The third kappa shape index (κ3) is 3.59. The summed E-state index contributed by atoms with van der Waals surface area (Å²) >= 11 is 1.73. The number of carbonyl (C=O) groups is 1. The van der Waals surface area contributed by atoms with Gasteiger partial charge in [-0.25, -0.2) is 4.98 Å². The van der Waals surface area contributed by atoms with Crippen molar-refractivity contribution in [2.24, 2.45) is 5.73 Å². The van der Waals surface area contributed by atoms with E-state index in [9.17, 15) is 4.79 Å². The number of rotatable bonds is 5. The normalized spacial score (nSPS) is 16.8. The first-order valence-electron chi connectivity index (χ1n) is 9.87. The highest BCUT2D eigenvalue weighted by molar-refractivity contribution is 7.19. The highest BCUT2D eigenvalue weighted by Crippen LogP contribution is 2.41. The molecule has 2 aliphatic rings. The number of amides is 1. The molecule has 5 rings (SSSR count). The van der Waals surface area contributed by atoms with Gasteiger partial charge in [0, 0.05) is 18.0 Å². The van der Waals surface area contributed by atoms with E-state index in [1.807, 2.05) is 6.07 Å². The first-order chi connectivity index (χ1) is 14.2. The molecule has 0 atom stereocenters. The Morgan fingerprint density at radius 3 is 2.86 bits per heavy atom. The van der Waals surface area contributed by atoms with Crippen LogP contribution in [0, 0.1) is 0 Å². The smallest absolute Gasteiger partial charge is 0.252 e. The maximum absolute atomic E-state index is 11.8. The lowest BCUT2D eigenvalue weighted by Gasteiger charge is -2.25. The summed E-state index contributed by atoms with van der Waals surface area (Å²) in [6.45, 7) is 3.83. The highest BCUT2D eigenvalue weighted by Gasteiger charge is 2.25. The minimum atomic E-state index is -0.519. The Hall–Kier alpha value is -2.55. The highest BCUT2D eigenvalue weighted by atomic mass is 32.1. The van der Waals surface area contributed by atoms with Crippen LogP contribution in [0.1, 0.15) is 33.0 Å². The number of morpholine rings is 1. The van der Waals surface area contributed by atoms with Crippen molar-refractivity contribution < 1.29 is 14.3 Å². The second-order valence-corrected chi connectivity index (χ2v) is 8.42. The van der Waals surface area contributed by atoms with E-state index < -0.39 is 5.91 Å². The Labute approximate surface area is 172 Å². The summed E-state index contributed by atoms with van der Waals surface area (Å²) in [4.78, 5) is 26.1. The standard InChI is InChI=1S/C21H22N4O3S/c22-19(26)13-4-1-2-6-15(13)28-20-18-14-5-3-7-16(14)29-21(18)24-17(23-20)12-25-8-10-27-11-9-25/h1-2,4,6H,3,5,7-12H2,(H2,22,26). The van der Waals surface area contributed by atoms with E-state index in [0.717, 1.165) is 61.6 Å². The van der Waals surface area contributed by atoms with Crippen LogP contribution in [0.2, 0.25) is 0 Å². The Morgan fingerprint density at radius 1 is 1.21 bits per heavy atom. The zero-order valence-electron chi connectivity index (χ0n) is 16.0. The van der Waals surface area contributed by atoms with E-state index in [1.54, 1.807) is 29.5 Å². The molecule has 7 nitrogen and oxygen atoms in total.